The summed E-state index contributed by atoms with van der Waals surface area (Å²) in [7, 11) is 0. The third-order valence-corrected chi connectivity index (χ3v) is 5.36. The number of aliphatic carboxylic acids is 1. The van der Waals surface area contributed by atoms with Crippen LogP contribution in [-0.2, 0) is 16.0 Å². The number of anilines is 1. The third kappa shape index (κ3) is 4.33. The molecule has 0 bridgehead atoms. The molecule has 140 valence electrons. The molecule has 1 aliphatic rings. The number of carbonyl (C=O) groups is 1. The maximum absolute atomic E-state index is 11.8. The average molecular weight is 405 g/mol. The highest BCUT2D eigenvalue weighted by Gasteiger charge is 2.38. The number of benzene rings is 2. The summed E-state index contributed by atoms with van der Waals surface area (Å²) < 4.78 is 0. The largest absolute Gasteiger partial charge is 0.480 e. The first-order valence-corrected chi connectivity index (χ1v) is 9.39. The number of halogens is 2. The first-order chi connectivity index (χ1) is 13.0. The van der Waals surface area contributed by atoms with Crippen LogP contribution in [0.25, 0.3) is 0 Å². The van der Waals surface area contributed by atoms with Crippen LogP contribution in [0.5, 0.6) is 0 Å². The predicted octanol–water partition coefficient (Wildman–Crippen LogP) is 5.01. The number of carboxylic acids is 1. The summed E-state index contributed by atoms with van der Waals surface area (Å²) in [6.45, 7) is 0. The van der Waals surface area contributed by atoms with Crippen LogP contribution in [0.3, 0.4) is 0 Å². The summed E-state index contributed by atoms with van der Waals surface area (Å²) in [4.78, 5) is 22.6. The van der Waals surface area contributed by atoms with Crippen molar-refractivity contribution >= 4 is 40.9 Å². The SMILES string of the molecule is O=C=NN1c2cc(Cl)cc(Cl)c2[C@@H](CCCc2ccccc2)C[C@@H]1C(=O)O. The van der Waals surface area contributed by atoms with Crippen LogP contribution in [0.15, 0.2) is 47.6 Å². The van der Waals surface area contributed by atoms with Gasteiger partial charge in [-0.05, 0) is 54.9 Å². The van der Waals surface area contributed by atoms with E-state index >= 15 is 0 Å². The molecule has 3 rings (SSSR count). The van der Waals surface area contributed by atoms with Crippen LogP contribution in [0.4, 0.5) is 5.69 Å². The van der Waals surface area contributed by atoms with E-state index < -0.39 is 12.0 Å². The summed E-state index contributed by atoms with van der Waals surface area (Å²) in [5.74, 6) is -1.11. The second-order valence-corrected chi connectivity index (χ2v) is 7.36. The van der Waals surface area contributed by atoms with E-state index in [4.69, 9.17) is 23.2 Å². The molecule has 0 fully saturated rings. The van der Waals surface area contributed by atoms with Crippen LogP contribution in [0.2, 0.25) is 10.0 Å². The van der Waals surface area contributed by atoms with E-state index in [1.54, 1.807) is 12.1 Å². The molecule has 5 nitrogen and oxygen atoms in total. The maximum Gasteiger partial charge on any atom is 0.328 e. The van der Waals surface area contributed by atoms with Crippen LogP contribution in [0.1, 0.15) is 36.3 Å². The Hall–Kier alpha value is -2.33. The Balaban J connectivity index is 1.91. The second kappa shape index (κ2) is 8.57. The summed E-state index contributed by atoms with van der Waals surface area (Å²) in [6.07, 6.45) is 4.29. The van der Waals surface area contributed by atoms with Crippen molar-refractivity contribution in [3.63, 3.8) is 0 Å². The van der Waals surface area contributed by atoms with E-state index in [2.05, 4.69) is 17.2 Å². The molecule has 0 radical (unpaired) electrons. The Morgan fingerprint density at radius 3 is 2.67 bits per heavy atom. The number of rotatable bonds is 6. The Bertz CT molecular complexity index is 882. The Kier molecular flexibility index (Phi) is 6.17. The lowest BCUT2D eigenvalue weighted by Gasteiger charge is -2.37. The van der Waals surface area contributed by atoms with Gasteiger partial charge in [0.1, 0.15) is 0 Å². The van der Waals surface area contributed by atoms with Gasteiger partial charge in [0, 0.05) is 10.0 Å². The van der Waals surface area contributed by atoms with E-state index in [0.29, 0.717) is 22.2 Å². The van der Waals surface area contributed by atoms with Crippen molar-refractivity contribution in [2.45, 2.75) is 37.6 Å². The normalized spacial score (nSPS) is 18.5. The zero-order chi connectivity index (χ0) is 19.4. The highest BCUT2D eigenvalue weighted by molar-refractivity contribution is 6.35. The molecule has 2 aromatic rings. The van der Waals surface area contributed by atoms with Gasteiger partial charge in [0.05, 0.1) is 5.69 Å². The summed E-state index contributed by atoms with van der Waals surface area (Å²) in [6, 6.07) is 12.4. The van der Waals surface area contributed by atoms with Crippen molar-refractivity contribution in [2.24, 2.45) is 5.10 Å². The lowest BCUT2D eigenvalue weighted by Crippen LogP contribution is -2.42. The number of nitrogens with zero attached hydrogens (tertiary/aromatic N) is 2. The van der Waals surface area contributed by atoms with E-state index in [0.717, 1.165) is 29.8 Å². The summed E-state index contributed by atoms with van der Waals surface area (Å²) in [5, 5.41) is 15.2. The standard InChI is InChI=1S/C20H18Cl2N2O3/c21-15-10-16(22)19-14(8-4-7-13-5-2-1-3-6-13)9-18(20(26)27)24(23-12-25)17(19)11-15/h1-3,5-6,10-11,14,18H,4,7-9H2,(H,26,27)/t14-,18+/m0/s1. The first kappa shape index (κ1) is 19.4. The van der Waals surface area contributed by atoms with Crippen LogP contribution in [0, 0.1) is 0 Å². The molecule has 0 spiro atoms. The lowest BCUT2D eigenvalue weighted by atomic mass is 9.82. The van der Waals surface area contributed by atoms with Crippen molar-refractivity contribution in [3.05, 3.63) is 63.6 Å². The van der Waals surface area contributed by atoms with Crippen LogP contribution >= 0.6 is 23.2 Å². The van der Waals surface area contributed by atoms with Crippen molar-refractivity contribution in [2.75, 3.05) is 5.01 Å². The second-order valence-electron chi connectivity index (χ2n) is 6.52. The van der Waals surface area contributed by atoms with Gasteiger partial charge < -0.3 is 5.11 Å². The van der Waals surface area contributed by atoms with Crippen molar-refractivity contribution < 1.29 is 14.7 Å². The zero-order valence-electron chi connectivity index (χ0n) is 14.4. The van der Waals surface area contributed by atoms with E-state index in [-0.39, 0.29) is 5.92 Å². The number of aryl methyl sites for hydroxylation is 1. The van der Waals surface area contributed by atoms with Crippen molar-refractivity contribution in [1.29, 1.82) is 0 Å². The number of carbonyl (C=O) groups excluding carboxylic acids is 1. The summed E-state index contributed by atoms with van der Waals surface area (Å²) >= 11 is 12.5. The fraction of sp³-hybridized carbons (Fsp3) is 0.300. The van der Waals surface area contributed by atoms with Crippen LogP contribution < -0.4 is 5.01 Å². The summed E-state index contributed by atoms with van der Waals surface area (Å²) in [5.41, 5.74) is 2.47. The number of hydrogen-bond acceptors (Lipinski definition) is 4. The van der Waals surface area contributed by atoms with Crippen LogP contribution in [-0.4, -0.2) is 23.2 Å². The minimum Gasteiger partial charge on any atom is -0.480 e. The molecule has 1 aliphatic heterocycles. The molecule has 1 N–H and O–H groups in total. The molecule has 0 saturated heterocycles. The van der Waals surface area contributed by atoms with Gasteiger partial charge in [-0.3, -0.25) is 0 Å². The number of carboxylic acid groups (broad SMARTS) is 1. The van der Waals surface area contributed by atoms with Gasteiger partial charge in [-0.25, -0.2) is 14.6 Å². The number of isocyanates is 1. The van der Waals surface area contributed by atoms with E-state index in [1.165, 1.54) is 11.6 Å². The lowest BCUT2D eigenvalue weighted by molar-refractivity contribution is -0.139. The zero-order valence-corrected chi connectivity index (χ0v) is 16.0. The fourth-order valence-electron chi connectivity index (χ4n) is 3.65. The van der Waals surface area contributed by atoms with Gasteiger partial charge in [0.25, 0.3) is 6.08 Å². The highest BCUT2D eigenvalue weighted by Crippen LogP contribution is 2.46. The van der Waals surface area contributed by atoms with Gasteiger partial charge in [0.15, 0.2) is 6.04 Å². The molecule has 0 aromatic heterocycles. The van der Waals surface area contributed by atoms with Crippen molar-refractivity contribution in [1.82, 2.24) is 0 Å². The third-order valence-electron chi connectivity index (χ3n) is 4.83. The minimum atomic E-state index is -1.05. The highest BCUT2D eigenvalue weighted by atomic mass is 35.5. The molecule has 0 unspecified atom stereocenters. The van der Waals surface area contributed by atoms with Gasteiger partial charge in [-0.1, -0.05) is 58.6 Å². The Morgan fingerprint density at radius 2 is 2.00 bits per heavy atom. The monoisotopic (exact) mass is 404 g/mol. The molecular formula is C20H18Cl2N2O3. The van der Waals surface area contributed by atoms with Gasteiger partial charge >= 0.3 is 5.97 Å². The maximum atomic E-state index is 11.8. The number of hydrogen-bond donors (Lipinski definition) is 1. The minimum absolute atomic E-state index is 0.0623. The first-order valence-electron chi connectivity index (χ1n) is 8.64. The quantitative estimate of drug-likeness (QED) is 0.542. The molecule has 2 atom stereocenters. The predicted molar refractivity (Wildman–Crippen MR) is 105 cm³/mol. The number of fused-ring (bicyclic) bond motifs is 1. The average Bonchev–Trinajstić information content (AvgIpc) is 2.63. The molecule has 27 heavy (non-hydrogen) atoms. The molecule has 2 aromatic carbocycles. The Morgan fingerprint density at radius 1 is 1.26 bits per heavy atom. The smallest absolute Gasteiger partial charge is 0.328 e. The fourth-order valence-corrected chi connectivity index (χ4v) is 4.29. The molecular weight excluding hydrogens is 387 g/mol. The number of hydrazone groups is 1. The topological polar surface area (TPSA) is 70.0 Å². The Labute approximate surface area is 167 Å². The van der Waals surface area contributed by atoms with Crippen molar-refractivity contribution in [3.8, 4) is 0 Å². The van der Waals surface area contributed by atoms with E-state index in [1.807, 2.05) is 18.2 Å². The van der Waals surface area contributed by atoms with E-state index in [9.17, 15) is 14.7 Å². The van der Waals surface area contributed by atoms with Gasteiger partial charge in [-0.15, -0.1) is 0 Å². The molecule has 0 aliphatic carbocycles. The molecule has 7 heteroatoms. The molecule has 0 saturated carbocycles. The van der Waals surface area contributed by atoms with Gasteiger partial charge in [0.2, 0.25) is 0 Å². The molecule has 0 amide bonds. The molecule has 1 heterocycles. The van der Waals surface area contributed by atoms with Gasteiger partial charge in [-0.2, -0.15) is 0 Å².